The molecular formula is C15H20N4O. The summed E-state index contributed by atoms with van der Waals surface area (Å²) in [4.78, 5) is 12.9. The van der Waals surface area contributed by atoms with Gasteiger partial charge in [0.1, 0.15) is 11.6 Å². The van der Waals surface area contributed by atoms with Gasteiger partial charge in [0.25, 0.3) is 0 Å². The first-order valence-corrected chi connectivity index (χ1v) is 6.82. The fourth-order valence-corrected chi connectivity index (χ4v) is 1.95. The summed E-state index contributed by atoms with van der Waals surface area (Å²) in [7, 11) is 0. The van der Waals surface area contributed by atoms with Gasteiger partial charge in [-0.3, -0.25) is 4.98 Å². The van der Waals surface area contributed by atoms with E-state index in [1.54, 1.807) is 18.6 Å². The van der Waals surface area contributed by atoms with Crippen molar-refractivity contribution in [3.8, 4) is 5.75 Å². The third-order valence-electron chi connectivity index (χ3n) is 2.69. The van der Waals surface area contributed by atoms with Crippen LogP contribution in [0.4, 0.5) is 0 Å². The van der Waals surface area contributed by atoms with Gasteiger partial charge in [-0.25, -0.2) is 9.97 Å². The van der Waals surface area contributed by atoms with Crippen LogP contribution in [0.2, 0.25) is 0 Å². The number of rotatable bonds is 6. The molecule has 0 aliphatic rings. The SMILES string of the molecule is CCNC(c1cncc(OC(C)C)c1)c1ncccn1. The van der Waals surface area contributed by atoms with Crippen LogP contribution < -0.4 is 10.1 Å². The predicted molar refractivity (Wildman–Crippen MR) is 77.6 cm³/mol. The van der Waals surface area contributed by atoms with Crippen molar-refractivity contribution >= 4 is 0 Å². The maximum Gasteiger partial charge on any atom is 0.149 e. The molecule has 0 spiro atoms. The van der Waals surface area contributed by atoms with E-state index in [0.29, 0.717) is 0 Å². The van der Waals surface area contributed by atoms with E-state index < -0.39 is 0 Å². The Kier molecular flexibility index (Phi) is 5.01. The summed E-state index contributed by atoms with van der Waals surface area (Å²) in [5.41, 5.74) is 0.996. The minimum absolute atomic E-state index is 0.0792. The Bertz CT molecular complexity index is 530. The van der Waals surface area contributed by atoms with Gasteiger partial charge in [0.15, 0.2) is 0 Å². The highest BCUT2D eigenvalue weighted by Gasteiger charge is 2.16. The van der Waals surface area contributed by atoms with E-state index in [4.69, 9.17) is 4.74 Å². The molecule has 5 nitrogen and oxygen atoms in total. The lowest BCUT2D eigenvalue weighted by atomic mass is 10.1. The van der Waals surface area contributed by atoms with Gasteiger partial charge in [0, 0.05) is 18.6 Å². The van der Waals surface area contributed by atoms with Crippen LogP contribution in [0.15, 0.2) is 36.9 Å². The molecular weight excluding hydrogens is 252 g/mol. The number of nitrogens with zero attached hydrogens (tertiary/aromatic N) is 3. The van der Waals surface area contributed by atoms with Crippen LogP contribution in [-0.2, 0) is 0 Å². The second-order valence-corrected chi connectivity index (χ2v) is 4.72. The predicted octanol–water partition coefficient (Wildman–Crippen LogP) is 2.36. The largest absolute Gasteiger partial charge is 0.489 e. The van der Waals surface area contributed by atoms with E-state index in [1.807, 2.05) is 32.2 Å². The molecule has 0 radical (unpaired) electrons. The van der Waals surface area contributed by atoms with Gasteiger partial charge in [-0.15, -0.1) is 0 Å². The lowest BCUT2D eigenvalue weighted by molar-refractivity contribution is 0.241. The highest BCUT2D eigenvalue weighted by molar-refractivity contribution is 5.29. The first-order chi connectivity index (χ1) is 9.70. The molecule has 2 heterocycles. The number of ether oxygens (including phenoxy) is 1. The Morgan fingerprint density at radius 3 is 2.60 bits per heavy atom. The maximum atomic E-state index is 5.69. The summed E-state index contributed by atoms with van der Waals surface area (Å²) in [6.07, 6.45) is 7.15. The molecule has 0 amide bonds. The third-order valence-corrected chi connectivity index (χ3v) is 2.69. The number of nitrogens with one attached hydrogen (secondary N) is 1. The molecule has 0 fully saturated rings. The van der Waals surface area contributed by atoms with Crippen molar-refractivity contribution in [1.29, 1.82) is 0 Å². The van der Waals surface area contributed by atoms with Gasteiger partial charge in [-0.05, 0) is 38.1 Å². The molecule has 20 heavy (non-hydrogen) atoms. The molecule has 2 aromatic heterocycles. The molecule has 0 aliphatic carbocycles. The van der Waals surface area contributed by atoms with Gasteiger partial charge in [-0.2, -0.15) is 0 Å². The second-order valence-electron chi connectivity index (χ2n) is 4.72. The molecule has 0 saturated carbocycles. The van der Waals surface area contributed by atoms with Crippen LogP contribution in [0.5, 0.6) is 5.75 Å². The maximum absolute atomic E-state index is 5.69. The lowest BCUT2D eigenvalue weighted by Crippen LogP contribution is -2.24. The topological polar surface area (TPSA) is 59.9 Å². The highest BCUT2D eigenvalue weighted by Crippen LogP contribution is 2.22. The molecule has 0 aromatic carbocycles. The van der Waals surface area contributed by atoms with Gasteiger partial charge in [0.05, 0.1) is 18.3 Å². The van der Waals surface area contributed by atoms with E-state index in [1.165, 1.54) is 0 Å². The zero-order chi connectivity index (χ0) is 14.4. The third kappa shape index (κ3) is 3.74. The van der Waals surface area contributed by atoms with Crippen molar-refractivity contribution < 1.29 is 4.74 Å². The van der Waals surface area contributed by atoms with E-state index >= 15 is 0 Å². The minimum atomic E-state index is -0.0792. The standard InChI is InChI=1S/C15H20N4O/c1-4-17-14(15-18-6-5-7-19-15)12-8-13(10-16-9-12)20-11(2)3/h5-11,14,17H,4H2,1-3H3. The molecule has 5 heteroatoms. The smallest absolute Gasteiger partial charge is 0.149 e. The zero-order valence-corrected chi connectivity index (χ0v) is 12.1. The molecule has 1 N–H and O–H groups in total. The number of aromatic nitrogens is 3. The Labute approximate surface area is 119 Å². The quantitative estimate of drug-likeness (QED) is 0.874. The van der Waals surface area contributed by atoms with Crippen LogP contribution in [0.1, 0.15) is 38.2 Å². The minimum Gasteiger partial charge on any atom is -0.489 e. The van der Waals surface area contributed by atoms with Gasteiger partial charge in [0.2, 0.25) is 0 Å². The van der Waals surface area contributed by atoms with Crippen LogP contribution in [-0.4, -0.2) is 27.6 Å². The molecule has 2 aromatic rings. The summed E-state index contributed by atoms with van der Waals surface area (Å²) in [6.45, 7) is 6.86. The van der Waals surface area contributed by atoms with E-state index in [2.05, 4.69) is 27.2 Å². The Morgan fingerprint density at radius 2 is 1.95 bits per heavy atom. The van der Waals surface area contributed by atoms with Crippen LogP contribution in [0.25, 0.3) is 0 Å². The average Bonchev–Trinajstić information content (AvgIpc) is 2.45. The average molecular weight is 272 g/mol. The Morgan fingerprint density at radius 1 is 1.20 bits per heavy atom. The number of hydrogen-bond donors (Lipinski definition) is 1. The highest BCUT2D eigenvalue weighted by atomic mass is 16.5. The number of pyridine rings is 1. The monoisotopic (exact) mass is 272 g/mol. The van der Waals surface area contributed by atoms with Gasteiger partial charge in [-0.1, -0.05) is 6.92 Å². The second kappa shape index (κ2) is 6.96. The van der Waals surface area contributed by atoms with Crippen LogP contribution in [0, 0.1) is 0 Å². The first kappa shape index (κ1) is 14.4. The van der Waals surface area contributed by atoms with Gasteiger partial charge < -0.3 is 10.1 Å². The van der Waals surface area contributed by atoms with E-state index in [0.717, 1.165) is 23.7 Å². The van der Waals surface area contributed by atoms with Gasteiger partial charge >= 0.3 is 0 Å². The summed E-state index contributed by atoms with van der Waals surface area (Å²) in [5.74, 6) is 1.49. The molecule has 2 rings (SSSR count). The normalized spacial score (nSPS) is 12.4. The molecule has 0 saturated heterocycles. The molecule has 1 unspecified atom stereocenters. The molecule has 0 aliphatic heterocycles. The van der Waals surface area contributed by atoms with Crippen molar-refractivity contribution in [2.45, 2.75) is 32.9 Å². The van der Waals surface area contributed by atoms with E-state index in [9.17, 15) is 0 Å². The summed E-state index contributed by atoms with van der Waals surface area (Å²) in [6, 6.07) is 3.71. The van der Waals surface area contributed by atoms with Crippen molar-refractivity contribution in [2.75, 3.05) is 6.54 Å². The van der Waals surface area contributed by atoms with Crippen LogP contribution in [0.3, 0.4) is 0 Å². The molecule has 106 valence electrons. The fraction of sp³-hybridized carbons (Fsp3) is 0.400. The summed E-state index contributed by atoms with van der Waals surface area (Å²) >= 11 is 0. The fourth-order valence-electron chi connectivity index (χ4n) is 1.95. The summed E-state index contributed by atoms with van der Waals surface area (Å²) < 4.78 is 5.69. The van der Waals surface area contributed by atoms with Crippen molar-refractivity contribution in [3.63, 3.8) is 0 Å². The van der Waals surface area contributed by atoms with E-state index in [-0.39, 0.29) is 12.1 Å². The van der Waals surface area contributed by atoms with Crippen molar-refractivity contribution in [2.24, 2.45) is 0 Å². The number of hydrogen-bond acceptors (Lipinski definition) is 5. The lowest BCUT2D eigenvalue weighted by Gasteiger charge is -2.17. The first-order valence-electron chi connectivity index (χ1n) is 6.82. The molecule has 0 bridgehead atoms. The Balaban J connectivity index is 2.30. The van der Waals surface area contributed by atoms with Crippen molar-refractivity contribution in [3.05, 3.63) is 48.3 Å². The zero-order valence-electron chi connectivity index (χ0n) is 12.1. The molecule has 1 atom stereocenters. The van der Waals surface area contributed by atoms with Crippen molar-refractivity contribution in [1.82, 2.24) is 20.3 Å². The summed E-state index contributed by atoms with van der Waals surface area (Å²) in [5, 5.41) is 3.38. The Hall–Kier alpha value is -2.01. The van der Waals surface area contributed by atoms with Crippen LogP contribution >= 0.6 is 0 Å².